The molecule has 36 heavy (non-hydrogen) atoms. The van der Waals surface area contributed by atoms with Crippen LogP contribution in [0.15, 0.2) is 58.7 Å². The highest BCUT2D eigenvalue weighted by Crippen LogP contribution is 2.31. The SMILES string of the molecule is CC(C)(CCCC1=CC(O)C=C(/C=C\C2=CC(O)C=C(CCCC(C)(C)C(=O)O)C2O)C1O)C(=O)O. The predicted octanol–water partition coefficient (Wildman–Crippen LogP) is 3.28. The van der Waals surface area contributed by atoms with Gasteiger partial charge < -0.3 is 30.6 Å². The summed E-state index contributed by atoms with van der Waals surface area (Å²) in [4.78, 5) is 22.6. The lowest BCUT2D eigenvalue weighted by atomic mass is 9.83. The van der Waals surface area contributed by atoms with Crippen LogP contribution < -0.4 is 0 Å². The zero-order chi connectivity index (χ0) is 27.3. The molecule has 0 radical (unpaired) electrons. The van der Waals surface area contributed by atoms with Gasteiger partial charge in [-0.2, -0.15) is 0 Å². The molecule has 4 atom stereocenters. The summed E-state index contributed by atoms with van der Waals surface area (Å²) in [6.45, 7) is 6.60. The Kier molecular flexibility index (Phi) is 10.0. The van der Waals surface area contributed by atoms with E-state index in [1.165, 1.54) is 12.2 Å². The number of carbonyl (C=O) groups is 2. The van der Waals surface area contributed by atoms with Crippen molar-refractivity contribution in [2.24, 2.45) is 10.8 Å². The summed E-state index contributed by atoms with van der Waals surface area (Å²) in [5.74, 6) is -1.77. The van der Waals surface area contributed by atoms with Crippen molar-refractivity contribution >= 4 is 11.9 Å². The Labute approximate surface area is 212 Å². The molecule has 0 heterocycles. The fourth-order valence-corrected chi connectivity index (χ4v) is 4.33. The first-order valence-corrected chi connectivity index (χ1v) is 12.4. The molecule has 0 saturated carbocycles. The van der Waals surface area contributed by atoms with Crippen LogP contribution in [0, 0.1) is 10.8 Å². The van der Waals surface area contributed by atoms with E-state index in [4.69, 9.17) is 0 Å². The van der Waals surface area contributed by atoms with E-state index in [0.717, 1.165) is 0 Å². The number of carboxylic acids is 2. The van der Waals surface area contributed by atoms with E-state index in [1.807, 2.05) is 0 Å². The Hall–Kier alpha value is -2.52. The largest absolute Gasteiger partial charge is 0.481 e. The van der Waals surface area contributed by atoms with Crippen LogP contribution in [0.4, 0.5) is 0 Å². The van der Waals surface area contributed by atoms with Gasteiger partial charge in [0.25, 0.3) is 0 Å². The van der Waals surface area contributed by atoms with Crippen molar-refractivity contribution in [1.82, 2.24) is 0 Å². The predicted molar refractivity (Wildman–Crippen MR) is 136 cm³/mol. The second kappa shape index (κ2) is 12.1. The number of aliphatic hydroxyl groups excluding tert-OH is 4. The van der Waals surface area contributed by atoms with Gasteiger partial charge >= 0.3 is 11.9 Å². The highest BCUT2D eigenvalue weighted by atomic mass is 16.4. The Morgan fingerprint density at radius 3 is 1.33 bits per heavy atom. The van der Waals surface area contributed by atoms with Crippen LogP contribution >= 0.6 is 0 Å². The molecule has 0 aromatic rings. The minimum absolute atomic E-state index is 0.424. The average Bonchev–Trinajstić information content (AvgIpc) is 2.76. The Morgan fingerprint density at radius 2 is 1.03 bits per heavy atom. The van der Waals surface area contributed by atoms with Crippen LogP contribution in [0.3, 0.4) is 0 Å². The van der Waals surface area contributed by atoms with E-state index in [-0.39, 0.29) is 0 Å². The van der Waals surface area contributed by atoms with E-state index < -0.39 is 47.2 Å². The fraction of sp³-hybridized carbons (Fsp3) is 0.571. The number of hydrogen-bond donors (Lipinski definition) is 6. The molecule has 0 aromatic heterocycles. The molecule has 0 amide bonds. The molecule has 0 spiro atoms. The monoisotopic (exact) mass is 504 g/mol. The zero-order valence-corrected chi connectivity index (χ0v) is 21.5. The van der Waals surface area contributed by atoms with E-state index in [2.05, 4.69) is 0 Å². The summed E-state index contributed by atoms with van der Waals surface area (Å²) >= 11 is 0. The first-order chi connectivity index (χ1) is 16.6. The maximum atomic E-state index is 11.3. The maximum absolute atomic E-state index is 11.3. The minimum atomic E-state index is -0.975. The van der Waals surface area contributed by atoms with Gasteiger partial charge in [-0.25, -0.2) is 0 Å². The van der Waals surface area contributed by atoms with Crippen molar-refractivity contribution in [1.29, 1.82) is 0 Å². The molecule has 6 N–H and O–H groups in total. The molecule has 0 aromatic carbocycles. The smallest absolute Gasteiger partial charge is 0.309 e. The summed E-state index contributed by atoms with van der Waals surface area (Å²) in [6, 6.07) is 0. The summed E-state index contributed by atoms with van der Waals surface area (Å²) in [5, 5.41) is 60.7. The van der Waals surface area contributed by atoms with Gasteiger partial charge in [0.15, 0.2) is 0 Å². The van der Waals surface area contributed by atoms with E-state index in [1.54, 1.807) is 52.0 Å². The van der Waals surface area contributed by atoms with Crippen LogP contribution in [-0.4, -0.2) is 67.0 Å². The van der Waals surface area contributed by atoms with Crippen molar-refractivity contribution in [3.8, 4) is 0 Å². The Balaban J connectivity index is 2.02. The number of carboxylic acid groups (broad SMARTS) is 2. The molecular formula is C28H40O8. The maximum Gasteiger partial charge on any atom is 0.309 e. The fourth-order valence-electron chi connectivity index (χ4n) is 4.33. The van der Waals surface area contributed by atoms with Gasteiger partial charge in [-0.05, 0) is 101 Å². The third kappa shape index (κ3) is 8.00. The molecule has 0 aliphatic heterocycles. The quantitative estimate of drug-likeness (QED) is 0.221. The summed E-state index contributed by atoms with van der Waals surface area (Å²) in [6.07, 6.45) is 8.36. The van der Waals surface area contributed by atoms with Gasteiger partial charge in [0.2, 0.25) is 0 Å². The van der Waals surface area contributed by atoms with Crippen molar-refractivity contribution in [2.75, 3.05) is 0 Å². The van der Waals surface area contributed by atoms with Gasteiger partial charge in [0.05, 0.1) is 35.2 Å². The van der Waals surface area contributed by atoms with Crippen LogP contribution in [0.5, 0.6) is 0 Å². The van der Waals surface area contributed by atoms with Crippen LogP contribution in [0.25, 0.3) is 0 Å². The second-order valence-electron chi connectivity index (χ2n) is 11.0. The molecule has 8 nitrogen and oxygen atoms in total. The van der Waals surface area contributed by atoms with E-state index >= 15 is 0 Å². The number of aliphatic hydroxyl groups is 4. The molecule has 2 aliphatic carbocycles. The summed E-state index contributed by atoms with van der Waals surface area (Å²) in [5.41, 5.74) is 0.336. The van der Waals surface area contributed by atoms with Gasteiger partial charge in [-0.3, -0.25) is 9.59 Å². The van der Waals surface area contributed by atoms with E-state index in [9.17, 15) is 40.2 Å². The highest BCUT2D eigenvalue weighted by molar-refractivity contribution is 5.73. The van der Waals surface area contributed by atoms with Crippen molar-refractivity contribution in [3.63, 3.8) is 0 Å². The standard InChI is InChI=1S/C28H40O8/c1-27(2,25(33)34)11-5-7-17-13-21(29)15-19(23(17)31)9-10-20-16-22(30)14-18(24(20)32)8-6-12-28(3,4)26(35)36/h9-10,13-16,21-24,29-32H,5-8,11-12H2,1-4H3,(H,33,34)(H,35,36)/b10-9-. The number of rotatable bonds is 12. The van der Waals surface area contributed by atoms with E-state index in [0.29, 0.717) is 60.8 Å². The molecule has 200 valence electrons. The molecule has 2 aliphatic rings. The lowest BCUT2D eigenvalue weighted by Crippen LogP contribution is -2.25. The van der Waals surface area contributed by atoms with Gasteiger partial charge in [0, 0.05) is 0 Å². The summed E-state index contributed by atoms with van der Waals surface area (Å²) in [7, 11) is 0. The summed E-state index contributed by atoms with van der Waals surface area (Å²) < 4.78 is 0. The average molecular weight is 505 g/mol. The first-order valence-electron chi connectivity index (χ1n) is 12.4. The van der Waals surface area contributed by atoms with Gasteiger partial charge in [0.1, 0.15) is 0 Å². The topological polar surface area (TPSA) is 156 Å². The normalized spacial score (nSPS) is 25.2. The number of hydrogen-bond acceptors (Lipinski definition) is 6. The second-order valence-corrected chi connectivity index (χ2v) is 11.0. The molecule has 8 heteroatoms. The Bertz CT molecular complexity index is 902. The molecular weight excluding hydrogens is 464 g/mol. The third-order valence-electron chi connectivity index (χ3n) is 6.99. The van der Waals surface area contributed by atoms with Crippen molar-refractivity contribution in [2.45, 2.75) is 90.6 Å². The first kappa shape index (κ1) is 29.7. The molecule has 4 unspecified atom stereocenters. The van der Waals surface area contributed by atoms with Crippen LogP contribution in [-0.2, 0) is 9.59 Å². The minimum Gasteiger partial charge on any atom is -0.481 e. The number of aliphatic carboxylic acids is 2. The molecule has 0 saturated heterocycles. The highest BCUT2D eigenvalue weighted by Gasteiger charge is 2.29. The molecule has 2 rings (SSSR count). The van der Waals surface area contributed by atoms with Crippen LogP contribution in [0.1, 0.15) is 66.2 Å². The Morgan fingerprint density at radius 1 is 0.694 bits per heavy atom. The zero-order valence-electron chi connectivity index (χ0n) is 21.5. The van der Waals surface area contributed by atoms with Crippen LogP contribution in [0.2, 0.25) is 0 Å². The van der Waals surface area contributed by atoms with Crippen molar-refractivity contribution < 1.29 is 40.2 Å². The van der Waals surface area contributed by atoms with Gasteiger partial charge in [-0.1, -0.05) is 24.3 Å². The van der Waals surface area contributed by atoms with Gasteiger partial charge in [-0.15, -0.1) is 0 Å². The lowest BCUT2D eigenvalue weighted by molar-refractivity contribution is -0.148. The molecule has 0 fully saturated rings. The molecule has 0 bridgehead atoms. The van der Waals surface area contributed by atoms with Crippen molar-refractivity contribution in [3.05, 3.63) is 58.7 Å². The third-order valence-corrected chi connectivity index (χ3v) is 6.99. The lowest BCUT2D eigenvalue weighted by Gasteiger charge is -2.26.